The number of carbonyl (C=O) groups excluding carboxylic acids is 1. The van der Waals surface area contributed by atoms with Gasteiger partial charge in [-0.1, -0.05) is 24.3 Å². The van der Waals surface area contributed by atoms with Crippen LogP contribution in [0.5, 0.6) is 0 Å². The van der Waals surface area contributed by atoms with Gasteiger partial charge in [0.25, 0.3) is 0 Å². The van der Waals surface area contributed by atoms with E-state index in [-0.39, 0.29) is 18.5 Å². The van der Waals surface area contributed by atoms with Gasteiger partial charge in [-0.25, -0.2) is 0 Å². The van der Waals surface area contributed by atoms with Crippen LogP contribution in [0.1, 0.15) is 35.2 Å². The Hall–Kier alpha value is -2.63. The van der Waals surface area contributed by atoms with Gasteiger partial charge in [0.1, 0.15) is 6.54 Å². The molecule has 2 N–H and O–H groups in total. The molecular weight excluding hydrogens is 282 g/mol. The summed E-state index contributed by atoms with van der Waals surface area (Å²) in [5, 5.41) is 16.3. The number of amides is 1. The summed E-state index contributed by atoms with van der Waals surface area (Å²) < 4.78 is 1.62. The maximum absolute atomic E-state index is 12.2. The first kappa shape index (κ1) is 14.3. The quantitative estimate of drug-likeness (QED) is 0.898. The van der Waals surface area contributed by atoms with E-state index in [4.69, 9.17) is 0 Å². The van der Waals surface area contributed by atoms with Crippen molar-refractivity contribution in [2.75, 3.05) is 0 Å². The van der Waals surface area contributed by atoms with Gasteiger partial charge in [-0.05, 0) is 30.5 Å². The van der Waals surface area contributed by atoms with Crippen LogP contribution in [0.25, 0.3) is 0 Å². The van der Waals surface area contributed by atoms with E-state index in [9.17, 15) is 14.7 Å². The van der Waals surface area contributed by atoms with Crippen molar-refractivity contribution in [2.24, 2.45) is 0 Å². The SMILES string of the molecule is Cc1ccnn1CC(=O)NC1CC(C(=O)O)c2ccccc21. The molecule has 1 heterocycles. The molecule has 22 heavy (non-hydrogen) atoms. The first-order valence-corrected chi connectivity index (χ1v) is 7.15. The number of nitrogens with one attached hydrogen (secondary N) is 1. The van der Waals surface area contributed by atoms with E-state index in [0.717, 1.165) is 16.8 Å². The molecule has 0 bridgehead atoms. The van der Waals surface area contributed by atoms with Gasteiger partial charge in [0.15, 0.2) is 0 Å². The summed E-state index contributed by atoms with van der Waals surface area (Å²) >= 11 is 0. The Morgan fingerprint density at radius 3 is 2.68 bits per heavy atom. The molecule has 2 aromatic rings. The predicted molar refractivity (Wildman–Crippen MR) is 79.3 cm³/mol. The number of carbonyl (C=O) groups is 2. The molecular formula is C16H17N3O3. The lowest BCUT2D eigenvalue weighted by atomic mass is 10.0. The van der Waals surface area contributed by atoms with Crippen molar-refractivity contribution in [3.05, 3.63) is 53.3 Å². The Bertz CT molecular complexity index is 723. The summed E-state index contributed by atoms with van der Waals surface area (Å²) in [5.41, 5.74) is 2.58. The highest BCUT2D eigenvalue weighted by molar-refractivity contribution is 5.80. The summed E-state index contributed by atoms with van der Waals surface area (Å²) in [6, 6.07) is 8.95. The topological polar surface area (TPSA) is 84.2 Å². The summed E-state index contributed by atoms with van der Waals surface area (Å²) in [6.07, 6.45) is 2.03. The number of fused-ring (bicyclic) bond motifs is 1. The molecule has 1 aromatic heterocycles. The summed E-state index contributed by atoms with van der Waals surface area (Å²) in [7, 11) is 0. The Morgan fingerprint density at radius 1 is 1.32 bits per heavy atom. The van der Waals surface area contributed by atoms with Gasteiger partial charge < -0.3 is 10.4 Å². The van der Waals surface area contributed by atoms with Gasteiger partial charge in [0.2, 0.25) is 5.91 Å². The Labute approximate surface area is 127 Å². The highest BCUT2D eigenvalue weighted by Gasteiger charge is 2.35. The van der Waals surface area contributed by atoms with Crippen LogP contribution in [0.3, 0.4) is 0 Å². The van der Waals surface area contributed by atoms with Gasteiger partial charge in [-0.2, -0.15) is 5.10 Å². The molecule has 2 atom stereocenters. The molecule has 1 amide bonds. The van der Waals surface area contributed by atoms with Crippen molar-refractivity contribution in [3.63, 3.8) is 0 Å². The second kappa shape index (κ2) is 5.63. The third-order valence-corrected chi connectivity index (χ3v) is 4.07. The van der Waals surface area contributed by atoms with Gasteiger partial charge >= 0.3 is 5.97 Å². The zero-order chi connectivity index (χ0) is 15.7. The lowest BCUT2D eigenvalue weighted by molar-refractivity contribution is -0.139. The number of benzene rings is 1. The van der Waals surface area contributed by atoms with Gasteiger partial charge in [-0.3, -0.25) is 14.3 Å². The van der Waals surface area contributed by atoms with Gasteiger partial charge in [0.05, 0.1) is 12.0 Å². The number of nitrogens with zero attached hydrogens (tertiary/aromatic N) is 2. The van der Waals surface area contributed by atoms with E-state index >= 15 is 0 Å². The normalized spacial score (nSPS) is 19.7. The summed E-state index contributed by atoms with van der Waals surface area (Å²) in [6.45, 7) is 2.01. The molecule has 2 unspecified atom stereocenters. The Morgan fingerprint density at radius 2 is 2.05 bits per heavy atom. The van der Waals surface area contributed by atoms with Crippen molar-refractivity contribution >= 4 is 11.9 Å². The van der Waals surface area contributed by atoms with Crippen LogP contribution in [0.2, 0.25) is 0 Å². The van der Waals surface area contributed by atoms with Gasteiger partial charge in [-0.15, -0.1) is 0 Å². The molecule has 0 aliphatic heterocycles. The molecule has 0 fully saturated rings. The van der Waals surface area contributed by atoms with Crippen LogP contribution in [-0.2, 0) is 16.1 Å². The van der Waals surface area contributed by atoms with Crippen molar-refractivity contribution in [2.45, 2.75) is 31.8 Å². The number of rotatable bonds is 4. The largest absolute Gasteiger partial charge is 0.481 e. The molecule has 6 heteroatoms. The van der Waals surface area contributed by atoms with Crippen molar-refractivity contribution in [1.82, 2.24) is 15.1 Å². The fraction of sp³-hybridized carbons (Fsp3) is 0.312. The predicted octanol–water partition coefficient (Wildman–Crippen LogP) is 1.62. The average Bonchev–Trinajstić information content (AvgIpc) is 3.04. The average molecular weight is 299 g/mol. The maximum atomic E-state index is 12.2. The molecule has 1 aliphatic rings. The third-order valence-electron chi connectivity index (χ3n) is 4.07. The number of hydrogen-bond acceptors (Lipinski definition) is 3. The molecule has 114 valence electrons. The van der Waals surface area contributed by atoms with E-state index < -0.39 is 11.9 Å². The fourth-order valence-corrected chi connectivity index (χ4v) is 2.95. The first-order chi connectivity index (χ1) is 10.6. The van der Waals surface area contributed by atoms with E-state index in [1.165, 1.54) is 0 Å². The summed E-state index contributed by atoms with van der Waals surface area (Å²) in [5.74, 6) is -1.59. The zero-order valence-corrected chi connectivity index (χ0v) is 12.2. The van der Waals surface area contributed by atoms with E-state index in [0.29, 0.717) is 6.42 Å². The highest BCUT2D eigenvalue weighted by atomic mass is 16.4. The third kappa shape index (κ3) is 2.59. The first-order valence-electron chi connectivity index (χ1n) is 7.15. The van der Waals surface area contributed by atoms with Crippen molar-refractivity contribution in [1.29, 1.82) is 0 Å². The molecule has 1 aliphatic carbocycles. The fourth-order valence-electron chi connectivity index (χ4n) is 2.95. The molecule has 0 spiro atoms. The van der Waals surface area contributed by atoms with Crippen LogP contribution in [-0.4, -0.2) is 26.8 Å². The maximum Gasteiger partial charge on any atom is 0.311 e. The van der Waals surface area contributed by atoms with E-state index in [2.05, 4.69) is 10.4 Å². The number of aryl methyl sites for hydroxylation is 1. The molecule has 0 saturated heterocycles. The second-order valence-electron chi connectivity index (χ2n) is 5.51. The number of aliphatic carboxylic acids is 1. The molecule has 3 rings (SSSR count). The molecule has 6 nitrogen and oxygen atoms in total. The minimum Gasteiger partial charge on any atom is -0.481 e. The minimum atomic E-state index is -0.855. The lowest BCUT2D eigenvalue weighted by Gasteiger charge is -2.14. The standard InChI is InChI=1S/C16H17N3O3/c1-10-6-7-17-19(10)9-15(20)18-14-8-13(16(21)22)11-4-2-3-5-12(11)14/h2-7,13-14H,8-9H2,1H3,(H,18,20)(H,21,22). The smallest absolute Gasteiger partial charge is 0.311 e. The summed E-state index contributed by atoms with van der Waals surface area (Å²) in [4.78, 5) is 23.6. The van der Waals surface area contributed by atoms with E-state index in [1.807, 2.05) is 37.3 Å². The lowest BCUT2D eigenvalue weighted by Crippen LogP contribution is -2.31. The van der Waals surface area contributed by atoms with E-state index in [1.54, 1.807) is 10.9 Å². The van der Waals surface area contributed by atoms with Crippen LogP contribution in [0.15, 0.2) is 36.5 Å². The number of carboxylic acids is 1. The molecule has 0 radical (unpaired) electrons. The highest BCUT2D eigenvalue weighted by Crippen LogP contribution is 2.40. The van der Waals surface area contributed by atoms with Crippen molar-refractivity contribution in [3.8, 4) is 0 Å². The Balaban J connectivity index is 1.75. The van der Waals surface area contributed by atoms with Crippen LogP contribution >= 0.6 is 0 Å². The van der Waals surface area contributed by atoms with Gasteiger partial charge in [0, 0.05) is 11.9 Å². The molecule has 0 saturated carbocycles. The number of hydrogen-bond donors (Lipinski definition) is 2. The molecule has 1 aromatic carbocycles. The monoisotopic (exact) mass is 299 g/mol. The Kier molecular flexibility index (Phi) is 3.66. The van der Waals surface area contributed by atoms with Crippen molar-refractivity contribution < 1.29 is 14.7 Å². The number of aromatic nitrogens is 2. The van der Waals surface area contributed by atoms with Crippen LogP contribution in [0.4, 0.5) is 0 Å². The number of carboxylic acid groups (broad SMARTS) is 1. The zero-order valence-electron chi connectivity index (χ0n) is 12.2. The van der Waals surface area contributed by atoms with Crippen LogP contribution in [0, 0.1) is 6.92 Å². The second-order valence-corrected chi connectivity index (χ2v) is 5.51. The van der Waals surface area contributed by atoms with Crippen LogP contribution < -0.4 is 5.32 Å². The minimum absolute atomic E-state index is 0.134.